The molecule has 9 heteroatoms. The maximum Gasteiger partial charge on any atom is 0.303 e. The van der Waals surface area contributed by atoms with Gasteiger partial charge in [-0.05, 0) is 30.3 Å². The molecule has 2 aromatic carbocycles. The molecule has 0 spiro atoms. The number of hydrogen-bond acceptors (Lipinski definition) is 7. The summed E-state index contributed by atoms with van der Waals surface area (Å²) < 4.78 is 25.6. The lowest BCUT2D eigenvalue weighted by molar-refractivity contribution is -0.136. The number of pyridine rings is 1. The topological polar surface area (TPSA) is 145 Å². The minimum Gasteiger partial charge on any atom is -0.504 e. The van der Waals surface area contributed by atoms with Crippen LogP contribution in [0.1, 0.15) is 28.9 Å². The lowest BCUT2D eigenvalue weighted by Gasteiger charge is -2.10. The number of benzene rings is 2. The standard InChI is InChI=1S/C20H14N2O6S/c21-11-15-14-10-13(29(27,28)12-4-2-1-3-5-12)6-7-16(14)22-19(20(15)26)17(23)8-9-18(24)25/h1-7,10,26H,8-9H2,(H,24,25). The largest absolute Gasteiger partial charge is 0.504 e. The van der Waals surface area contributed by atoms with Crippen LogP contribution in [0, 0.1) is 11.3 Å². The normalized spacial score (nSPS) is 11.1. The fourth-order valence-electron chi connectivity index (χ4n) is 2.78. The van der Waals surface area contributed by atoms with Crippen LogP contribution in [0.3, 0.4) is 0 Å². The zero-order chi connectivity index (χ0) is 21.2. The van der Waals surface area contributed by atoms with Crippen molar-refractivity contribution in [1.29, 1.82) is 5.26 Å². The highest BCUT2D eigenvalue weighted by molar-refractivity contribution is 7.91. The highest BCUT2D eigenvalue weighted by Crippen LogP contribution is 2.32. The molecular formula is C20H14N2O6S. The first-order valence-electron chi connectivity index (χ1n) is 8.37. The van der Waals surface area contributed by atoms with Crippen LogP contribution in [0.2, 0.25) is 0 Å². The number of aromatic hydroxyl groups is 1. The summed E-state index contributed by atoms with van der Waals surface area (Å²) in [6.45, 7) is 0. The molecule has 0 amide bonds. The van der Waals surface area contributed by atoms with Crippen LogP contribution in [0.4, 0.5) is 0 Å². The molecule has 0 saturated carbocycles. The predicted octanol–water partition coefficient (Wildman–Crippen LogP) is 2.69. The molecule has 0 saturated heterocycles. The molecule has 2 N–H and O–H groups in total. The fourth-order valence-corrected chi connectivity index (χ4v) is 4.09. The molecule has 29 heavy (non-hydrogen) atoms. The third kappa shape index (κ3) is 3.79. The number of carboxylic acids is 1. The maximum atomic E-state index is 12.8. The molecule has 0 atom stereocenters. The van der Waals surface area contributed by atoms with Crippen molar-refractivity contribution < 1.29 is 28.2 Å². The Hall–Kier alpha value is -3.77. The van der Waals surface area contributed by atoms with Gasteiger partial charge in [-0.2, -0.15) is 5.26 Å². The Labute approximate surface area is 165 Å². The first kappa shape index (κ1) is 20.0. The lowest BCUT2D eigenvalue weighted by Crippen LogP contribution is -2.08. The lowest BCUT2D eigenvalue weighted by atomic mass is 10.0. The summed E-state index contributed by atoms with van der Waals surface area (Å²) in [4.78, 5) is 26.8. The quantitative estimate of drug-likeness (QED) is 0.590. The van der Waals surface area contributed by atoms with Crippen molar-refractivity contribution in [2.24, 2.45) is 0 Å². The van der Waals surface area contributed by atoms with E-state index in [0.29, 0.717) is 0 Å². The van der Waals surface area contributed by atoms with E-state index in [-0.39, 0.29) is 26.3 Å². The molecule has 0 aliphatic rings. The van der Waals surface area contributed by atoms with Crippen molar-refractivity contribution in [3.05, 3.63) is 59.8 Å². The van der Waals surface area contributed by atoms with Gasteiger partial charge in [0.2, 0.25) is 9.84 Å². The third-order valence-electron chi connectivity index (χ3n) is 4.24. The molecule has 0 radical (unpaired) electrons. The minimum absolute atomic E-state index is 0.0653. The van der Waals surface area contributed by atoms with Gasteiger partial charge in [-0.25, -0.2) is 13.4 Å². The minimum atomic E-state index is -3.86. The third-order valence-corrected chi connectivity index (χ3v) is 6.00. The van der Waals surface area contributed by atoms with Crippen LogP contribution in [0.25, 0.3) is 10.9 Å². The van der Waals surface area contributed by atoms with E-state index in [1.807, 2.05) is 0 Å². The summed E-state index contributed by atoms with van der Waals surface area (Å²) >= 11 is 0. The molecule has 8 nitrogen and oxygen atoms in total. The molecule has 3 rings (SSSR count). The fraction of sp³-hybridized carbons (Fsp3) is 0.100. The zero-order valence-corrected chi connectivity index (χ0v) is 15.7. The number of nitrogens with zero attached hydrogens (tertiary/aromatic N) is 2. The first-order valence-corrected chi connectivity index (χ1v) is 9.86. The summed E-state index contributed by atoms with van der Waals surface area (Å²) in [5, 5.41) is 28.6. The van der Waals surface area contributed by atoms with E-state index in [2.05, 4.69) is 4.98 Å². The van der Waals surface area contributed by atoms with Crippen LogP contribution < -0.4 is 0 Å². The van der Waals surface area contributed by atoms with Crippen molar-refractivity contribution in [2.75, 3.05) is 0 Å². The second-order valence-electron chi connectivity index (χ2n) is 6.11. The average molecular weight is 410 g/mol. The van der Waals surface area contributed by atoms with Gasteiger partial charge in [0, 0.05) is 11.8 Å². The molecule has 146 valence electrons. The van der Waals surface area contributed by atoms with E-state index in [1.54, 1.807) is 24.3 Å². The number of carbonyl (C=O) groups excluding carboxylic acids is 1. The summed E-state index contributed by atoms with van der Waals surface area (Å²) in [5.41, 5.74) is -0.599. The van der Waals surface area contributed by atoms with Gasteiger partial charge < -0.3 is 10.2 Å². The monoisotopic (exact) mass is 410 g/mol. The molecule has 0 aliphatic heterocycles. The first-order chi connectivity index (χ1) is 13.8. The highest BCUT2D eigenvalue weighted by atomic mass is 32.2. The molecule has 0 unspecified atom stereocenters. The molecule has 1 heterocycles. The number of aromatic nitrogens is 1. The van der Waals surface area contributed by atoms with Gasteiger partial charge in [0.05, 0.1) is 21.7 Å². The summed E-state index contributed by atoms with van der Waals surface area (Å²) in [6, 6.07) is 13.3. The van der Waals surface area contributed by atoms with Gasteiger partial charge in [-0.15, -0.1) is 0 Å². The number of sulfone groups is 1. The van der Waals surface area contributed by atoms with Crippen LogP contribution >= 0.6 is 0 Å². The number of Topliss-reactive ketones (excluding diaryl/α,β-unsaturated/α-hetero) is 1. The molecule has 0 aliphatic carbocycles. The van der Waals surface area contributed by atoms with Crippen LogP contribution in [-0.4, -0.2) is 35.4 Å². The van der Waals surface area contributed by atoms with Crippen LogP contribution in [0.15, 0.2) is 58.3 Å². The Morgan fingerprint density at radius 1 is 1.03 bits per heavy atom. The summed E-state index contributed by atoms with van der Waals surface area (Å²) in [5.74, 6) is -2.62. The van der Waals surface area contributed by atoms with Gasteiger partial charge in [-0.3, -0.25) is 9.59 Å². The van der Waals surface area contributed by atoms with Gasteiger partial charge in [-0.1, -0.05) is 18.2 Å². The van der Waals surface area contributed by atoms with Crippen molar-refractivity contribution in [3.63, 3.8) is 0 Å². The van der Waals surface area contributed by atoms with E-state index < -0.39 is 45.9 Å². The van der Waals surface area contributed by atoms with Gasteiger partial charge >= 0.3 is 5.97 Å². The van der Waals surface area contributed by atoms with Gasteiger partial charge in [0.15, 0.2) is 11.5 Å². The number of rotatable bonds is 6. The summed E-state index contributed by atoms with van der Waals surface area (Å²) in [7, 11) is -3.86. The molecule has 1 aromatic heterocycles. The Balaban J connectivity index is 2.15. The van der Waals surface area contributed by atoms with Crippen molar-refractivity contribution >= 4 is 32.5 Å². The summed E-state index contributed by atoms with van der Waals surface area (Å²) in [6.07, 6.45) is -0.846. The van der Waals surface area contributed by atoms with Crippen LogP contribution in [0.5, 0.6) is 5.75 Å². The van der Waals surface area contributed by atoms with Crippen molar-refractivity contribution in [3.8, 4) is 11.8 Å². The van der Waals surface area contributed by atoms with E-state index >= 15 is 0 Å². The number of fused-ring (bicyclic) bond motifs is 1. The number of hydrogen-bond donors (Lipinski definition) is 2. The van der Waals surface area contributed by atoms with Gasteiger partial charge in [0.1, 0.15) is 17.3 Å². The number of nitriles is 1. The smallest absolute Gasteiger partial charge is 0.303 e. The van der Waals surface area contributed by atoms with Gasteiger partial charge in [0.25, 0.3) is 0 Å². The number of carboxylic acid groups (broad SMARTS) is 1. The SMILES string of the molecule is N#Cc1c(O)c(C(=O)CCC(=O)O)nc2ccc(S(=O)(=O)c3ccccc3)cc12. The average Bonchev–Trinajstić information content (AvgIpc) is 2.71. The molecular weight excluding hydrogens is 396 g/mol. The zero-order valence-electron chi connectivity index (χ0n) is 14.9. The Morgan fingerprint density at radius 2 is 1.72 bits per heavy atom. The van der Waals surface area contributed by atoms with E-state index in [1.165, 1.54) is 30.3 Å². The van der Waals surface area contributed by atoms with Crippen molar-refractivity contribution in [1.82, 2.24) is 4.98 Å². The molecule has 0 bridgehead atoms. The molecule has 3 aromatic rings. The number of aliphatic carboxylic acids is 1. The Bertz CT molecular complexity index is 1280. The second kappa shape index (κ2) is 7.69. The van der Waals surface area contributed by atoms with E-state index in [0.717, 1.165) is 0 Å². The Kier molecular flexibility index (Phi) is 5.30. The Morgan fingerprint density at radius 3 is 2.34 bits per heavy atom. The number of ketones is 1. The van der Waals surface area contributed by atoms with Crippen LogP contribution in [-0.2, 0) is 14.6 Å². The molecule has 0 fully saturated rings. The van der Waals surface area contributed by atoms with Crippen molar-refractivity contribution in [2.45, 2.75) is 22.6 Å². The predicted molar refractivity (Wildman–Crippen MR) is 101 cm³/mol. The van der Waals surface area contributed by atoms with E-state index in [4.69, 9.17) is 5.11 Å². The number of carbonyl (C=O) groups is 2. The highest BCUT2D eigenvalue weighted by Gasteiger charge is 2.23. The maximum absolute atomic E-state index is 12.8. The second-order valence-corrected chi connectivity index (χ2v) is 8.06. The van der Waals surface area contributed by atoms with E-state index in [9.17, 15) is 28.4 Å².